The van der Waals surface area contributed by atoms with Gasteiger partial charge in [-0.2, -0.15) is 0 Å². The van der Waals surface area contributed by atoms with Gasteiger partial charge in [0.1, 0.15) is 16.9 Å². The van der Waals surface area contributed by atoms with Crippen LogP contribution in [0.4, 0.5) is 5.69 Å². The van der Waals surface area contributed by atoms with Crippen LogP contribution in [0.3, 0.4) is 0 Å². The van der Waals surface area contributed by atoms with Crippen molar-refractivity contribution in [1.82, 2.24) is 9.97 Å². The molecule has 5 aromatic rings. The van der Waals surface area contributed by atoms with E-state index >= 15 is 0 Å². The summed E-state index contributed by atoms with van der Waals surface area (Å²) in [6, 6.07) is 18.3. The second-order valence-corrected chi connectivity index (χ2v) is 8.06. The number of hydrogen-bond donors (Lipinski definition) is 1. The minimum Gasteiger partial charge on any atom is -0.463 e. The highest BCUT2D eigenvalue weighted by Crippen LogP contribution is 2.29. The topological polar surface area (TPSA) is 85.1 Å². The Hall–Kier alpha value is -4.36. The summed E-state index contributed by atoms with van der Waals surface area (Å²) < 4.78 is 5.48. The number of carbonyl (C=O) groups is 1. The molecule has 5 rings (SSSR count). The van der Waals surface area contributed by atoms with Crippen molar-refractivity contribution in [1.29, 1.82) is 0 Å². The van der Waals surface area contributed by atoms with E-state index in [9.17, 15) is 9.59 Å². The Morgan fingerprint density at radius 3 is 2.79 bits per heavy atom. The van der Waals surface area contributed by atoms with Gasteiger partial charge in [0, 0.05) is 40.7 Å². The summed E-state index contributed by atoms with van der Waals surface area (Å²) in [6.07, 6.45) is 7.64. The predicted octanol–water partition coefficient (Wildman–Crippen LogP) is 5.63. The Morgan fingerprint density at radius 1 is 1.03 bits per heavy atom. The lowest BCUT2D eigenvalue weighted by atomic mass is 10.1. The van der Waals surface area contributed by atoms with Gasteiger partial charge in [-0.05, 0) is 42.5 Å². The van der Waals surface area contributed by atoms with Crippen LogP contribution in [0, 0.1) is 0 Å². The molecular weight excluding hydrogens is 434 g/mol. The van der Waals surface area contributed by atoms with Crippen LogP contribution in [0.5, 0.6) is 0 Å². The van der Waals surface area contributed by atoms with Crippen LogP contribution in [-0.2, 0) is 4.79 Å². The SMILES string of the molecule is O=C(/C=C/c1coc2ccccc2c1=O)Nc1cccc(-c2csc(-c3cccnc3)n2)c1. The molecule has 3 aromatic heterocycles. The summed E-state index contributed by atoms with van der Waals surface area (Å²) in [5.41, 5.74) is 3.93. The number of hydrogen-bond acceptors (Lipinski definition) is 6. The van der Waals surface area contributed by atoms with Gasteiger partial charge in [-0.3, -0.25) is 14.6 Å². The molecule has 0 atom stereocenters. The zero-order valence-electron chi connectivity index (χ0n) is 17.3. The zero-order chi connectivity index (χ0) is 22.6. The van der Waals surface area contributed by atoms with Crippen molar-refractivity contribution in [2.45, 2.75) is 0 Å². The monoisotopic (exact) mass is 451 g/mol. The van der Waals surface area contributed by atoms with E-state index in [0.29, 0.717) is 22.2 Å². The molecular formula is C26H17N3O3S. The number of amides is 1. The fourth-order valence-electron chi connectivity index (χ4n) is 3.34. The number of fused-ring (bicyclic) bond motifs is 1. The Labute approximate surface area is 192 Å². The Morgan fingerprint density at radius 2 is 1.91 bits per heavy atom. The molecule has 1 amide bonds. The molecule has 33 heavy (non-hydrogen) atoms. The molecule has 7 heteroatoms. The minimum absolute atomic E-state index is 0.184. The normalized spacial score (nSPS) is 11.2. The lowest BCUT2D eigenvalue weighted by molar-refractivity contribution is -0.111. The number of rotatable bonds is 5. The minimum atomic E-state index is -0.353. The van der Waals surface area contributed by atoms with Crippen molar-refractivity contribution >= 4 is 40.0 Å². The second kappa shape index (κ2) is 9.02. The van der Waals surface area contributed by atoms with E-state index in [0.717, 1.165) is 21.8 Å². The van der Waals surface area contributed by atoms with Crippen LogP contribution in [0.25, 0.3) is 38.9 Å². The van der Waals surface area contributed by atoms with Crippen LogP contribution in [0.2, 0.25) is 0 Å². The van der Waals surface area contributed by atoms with Crippen LogP contribution in [0.15, 0.2) is 100.0 Å². The average Bonchev–Trinajstić information content (AvgIpc) is 3.35. The fourth-order valence-corrected chi connectivity index (χ4v) is 4.16. The molecule has 0 aliphatic rings. The maximum atomic E-state index is 12.6. The second-order valence-electron chi connectivity index (χ2n) is 7.20. The molecule has 1 N–H and O–H groups in total. The van der Waals surface area contributed by atoms with Crippen LogP contribution in [0.1, 0.15) is 5.56 Å². The van der Waals surface area contributed by atoms with Gasteiger partial charge >= 0.3 is 0 Å². The molecule has 0 unspecified atom stereocenters. The van der Waals surface area contributed by atoms with E-state index < -0.39 is 0 Å². The average molecular weight is 452 g/mol. The Balaban J connectivity index is 1.32. The summed E-state index contributed by atoms with van der Waals surface area (Å²) in [4.78, 5) is 33.8. The zero-order valence-corrected chi connectivity index (χ0v) is 18.1. The van der Waals surface area contributed by atoms with E-state index in [1.54, 1.807) is 42.7 Å². The van der Waals surface area contributed by atoms with Crippen molar-refractivity contribution in [3.05, 3.63) is 107 Å². The standard InChI is InChI=1S/C26H17N3O3S/c30-24(11-10-19-15-32-23-9-2-1-8-21(23)25(19)31)28-20-7-3-5-17(13-20)22-16-33-26(29-22)18-6-4-12-27-14-18/h1-16H,(H,28,30)/b11-10+. The third-order valence-corrected chi connectivity index (χ3v) is 5.85. The highest BCUT2D eigenvalue weighted by atomic mass is 32.1. The van der Waals surface area contributed by atoms with Crippen molar-refractivity contribution < 1.29 is 9.21 Å². The van der Waals surface area contributed by atoms with Crippen LogP contribution >= 0.6 is 11.3 Å². The molecule has 0 aliphatic heterocycles. The van der Waals surface area contributed by atoms with E-state index in [4.69, 9.17) is 4.42 Å². The summed E-state index contributed by atoms with van der Waals surface area (Å²) in [5, 5.41) is 6.15. The maximum absolute atomic E-state index is 12.6. The van der Waals surface area contributed by atoms with Crippen molar-refractivity contribution in [3.63, 3.8) is 0 Å². The van der Waals surface area contributed by atoms with Gasteiger partial charge in [0.2, 0.25) is 5.91 Å². The molecule has 0 bridgehead atoms. The summed E-state index contributed by atoms with van der Waals surface area (Å²) in [6.45, 7) is 0. The van der Waals surface area contributed by atoms with Crippen molar-refractivity contribution in [2.24, 2.45) is 0 Å². The molecule has 0 saturated carbocycles. The fraction of sp³-hybridized carbons (Fsp3) is 0. The summed E-state index contributed by atoms with van der Waals surface area (Å²) >= 11 is 1.54. The molecule has 0 fully saturated rings. The number of nitrogens with zero attached hydrogens (tertiary/aromatic N) is 2. The number of benzene rings is 2. The molecule has 160 valence electrons. The van der Waals surface area contributed by atoms with Gasteiger partial charge in [0.15, 0.2) is 5.43 Å². The molecule has 3 heterocycles. The highest BCUT2D eigenvalue weighted by molar-refractivity contribution is 7.13. The maximum Gasteiger partial charge on any atom is 0.248 e. The number of anilines is 1. The van der Waals surface area contributed by atoms with E-state index in [1.165, 1.54) is 29.8 Å². The summed E-state index contributed by atoms with van der Waals surface area (Å²) in [7, 11) is 0. The molecule has 0 radical (unpaired) electrons. The first kappa shape index (κ1) is 20.5. The van der Waals surface area contributed by atoms with Gasteiger partial charge in [-0.15, -0.1) is 11.3 Å². The van der Waals surface area contributed by atoms with Gasteiger partial charge in [-0.1, -0.05) is 24.3 Å². The lowest BCUT2D eigenvalue weighted by Crippen LogP contribution is -2.09. The molecule has 2 aromatic carbocycles. The van der Waals surface area contributed by atoms with Crippen molar-refractivity contribution in [3.8, 4) is 21.8 Å². The highest BCUT2D eigenvalue weighted by Gasteiger charge is 2.09. The molecule has 0 aliphatic carbocycles. The van der Waals surface area contributed by atoms with Gasteiger partial charge in [0.05, 0.1) is 16.6 Å². The molecule has 0 saturated heterocycles. The Bertz CT molecular complexity index is 1540. The number of carbonyl (C=O) groups excluding carboxylic acids is 1. The predicted molar refractivity (Wildman–Crippen MR) is 131 cm³/mol. The smallest absolute Gasteiger partial charge is 0.248 e. The van der Waals surface area contributed by atoms with E-state index in [1.807, 2.05) is 35.7 Å². The summed E-state index contributed by atoms with van der Waals surface area (Å²) in [5.74, 6) is -0.353. The van der Waals surface area contributed by atoms with Crippen molar-refractivity contribution in [2.75, 3.05) is 5.32 Å². The largest absolute Gasteiger partial charge is 0.463 e. The van der Waals surface area contributed by atoms with E-state index in [2.05, 4.69) is 15.3 Å². The third kappa shape index (κ3) is 4.49. The van der Waals surface area contributed by atoms with Gasteiger partial charge in [0.25, 0.3) is 0 Å². The van der Waals surface area contributed by atoms with Crippen LogP contribution in [-0.4, -0.2) is 15.9 Å². The van der Waals surface area contributed by atoms with Crippen LogP contribution < -0.4 is 10.7 Å². The number of thiazole rings is 1. The number of para-hydroxylation sites is 1. The van der Waals surface area contributed by atoms with Gasteiger partial charge in [-0.25, -0.2) is 4.98 Å². The first-order chi connectivity index (χ1) is 16.2. The number of nitrogens with one attached hydrogen (secondary N) is 1. The van der Waals surface area contributed by atoms with E-state index in [-0.39, 0.29) is 11.3 Å². The Kier molecular flexibility index (Phi) is 5.61. The molecule has 6 nitrogen and oxygen atoms in total. The quantitative estimate of drug-likeness (QED) is 0.350. The van der Waals surface area contributed by atoms with Gasteiger partial charge < -0.3 is 9.73 Å². The first-order valence-electron chi connectivity index (χ1n) is 10.1. The first-order valence-corrected chi connectivity index (χ1v) is 11.0. The third-order valence-electron chi connectivity index (χ3n) is 4.96. The number of aromatic nitrogens is 2. The lowest BCUT2D eigenvalue weighted by Gasteiger charge is -2.04. The molecule has 0 spiro atoms. The number of pyridine rings is 1.